The normalized spacial score (nSPS) is 12.5. The number of hydrogen-bond acceptors (Lipinski definition) is 2. The lowest BCUT2D eigenvalue weighted by molar-refractivity contribution is -0.138. The third-order valence-corrected chi connectivity index (χ3v) is 11.2. The molecule has 9 rings (SSSR count). The van der Waals surface area contributed by atoms with E-state index in [2.05, 4.69) is 4.98 Å². The molecule has 3 nitrogen and oxygen atoms in total. The largest absolute Gasteiger partial charge is 0.416 e. The molecule has 1 N–H and O–H groups in total. The van der Waals surface area contributed by atoms with Crippen molar-refractivity contribution in [2.75, 3.05) is 9.80 Å². The zero-order valence-electron chi connectivity index (χ0n) is 34.3. The SMILES string of the molecule is FC(F)(F)c1cccc(N(c2ccc(-c3ccc4[nH]c5ccc(-c6ccc(N(c7cccc(C(F)(F)F)c7)c7cccc(C(F)(F)F)c7)cc6)cc5c4c3)cc2)c2cccc(C(F)(F)F)c2)c1. The number of aromatic amines is 1. The van der Waals surface area contributed by atoms with E-state index in [-0.39, 0.29) is 22.7 Å². The van der Waals surface area contributed by atoms with Gasteiger partial charge in [-0.05, 0) is 144 Å². The molecule has 0 aliphatic rings. The third kappa shape index (κ3) is 9.13. The predicted octanol–water partition coefficient (Wildman–Crippen LogP) is 17.7. The highest BCUT2D eigenvalue weighted by atomic mass is 19.4. The molecule has 1 aromatic heterocycles. The second-order valence-electron chi connectivity index (χ2n) is 15.6. The molecule has 8 aromatic carbocycles. The maximum Gasteiger partial charge on any atom is 0.416 e. The number of rotatable bonds is 8. The van der Waals surface area contributed by atoms with E-state index < -0.39 is 47.0 Å². The first-order chi connectivity index (χ1) is 31.7. The maximum atomic E-state index is 13.8. The van der Waals surface area contributed by atoms with E-state index in [9.17, 15) is 52.7 Å². The number of fused-ring (bicyclic) bond motifs is 3. The highest BCUT2D eigenvalue weighted by Crippen LogP contribution is 2.44. The second kappa shape index (κ2) is 16.6. The molecular formula is C52H31F12N3. The van der Waals surface area contributed by atoms with Gasteiger partial charge in [-0.15, -0.1) is 0 Å². The van der Waals surface area contributed by atoms with Crippen molar-refractivity contribution in [3.63, 3.8) is 0 Å². The highest BCUT2D eigenvalue weighted by Gasteiger charge is 2.35. The summed E-state index contributed by atoms with van der Waals surface area (Å²) >= 11 is 0. The molecule has 0 amide bonds. The number of aromatic nitrogens is 1. The van der Waals surface area contributed by atoms with Gasteiger partial charge >= 0.3 is 24.7 Å². The van der Waals surface area contributed by atoms with Crippen LogP contribution in [0.25, 0.3) is 44.1 Å². The molecule has 0 saturated heterocycles. The van der Waals surface area contributed by atoms with Crippen LogP contribution >= 0.6 is 0 Å². The molecule has 0 aliphatic heterocycles. The van der Waals surface area contributed by atoms with Gasteiger partial charge in [0.1, 0.15) is 0 Å². The minimum Gasteiger partial charge on any atom is -0.355 e. The average molecular weight is 926 g/mol. The molecule has 0 fully saturated rings. The van der Waals surface area contributed by atoms with E-state index in [1.54, 1.807) is 48.5 Å². The summed E-state index contributed by atoms with van der Waals surface area (Å²) in [5.74, 6) is 0. The van der Waals surface area contributed by atoms with Crippen LogP contribution in [0.2, 0.25) is 0 Å². The van der Waals surface area contributed by atoms with Crippen molar-refractivity contribution in [3.05, 3.63) is 204 Å². The fourth-order valence-electron chi connectivity index (χ4n) is 8.04. The van der Waals surface area contributed by atoms with Crippen molar-refractivity contribution in [1.29, 1.82) is 0 Å². The Bertz CT molecular complexity index is 2920. The van der Waals surface area contributed by atoms with Gasteiger partial charge in [0.2, 0.25) is 0 Å². The fourth-order valence-corrected chi connectivity index (χ4v) is 8.04. The number of nitrogens with one attached hydrogen (secondary N) is 1. The average Bonchev–Trinajstić information content (AvgIpc) is 3.66. The van der Waals surface area contributed by atoms with Crippen LogP contribution in [0.4, 0.5) is 86.8 Å². The van der Waals surface area contributed by atoms with Crippen molar-refractivity contribution < 1.29 is 52.7 Å². The second-order valence-corrected chi connectivity index (χ2v) is 15.6. The van der Waals surface area contributed by atoms with Crippen LogP contribution in [-0.4, -0.2) is 4.98 Å². The predicted molar refractivity (Wildman–Crippen MR) is 236 cm³/mol. The number of benzene rings is 8. The monoisotopic (exact) mass is 925 g/mol. The smallest absolute Gasteiger partial charge is 0.355 e. The zero-order valence-corrected chi connectivity index (χ0v) is 34.3. The molecule has 0 spiro atoms. The lowest BCUT2D eigenvalue weighted by Gasteiger charge is -2.27. The summed E-state index contributed by atoms with van der Waals surface area (Å²) in [5.41, 5.74) is 1.20. The molecule has 15 heteroatoms. The van der Waals surface area contributed by atoms with Crippen LogP contribution < -0.4 is 9.80 Å². The van der Waals surface area contributed by atoms with E-state index in [1.165, 1.54) is 58.3 Å². The first-order valence-corrected chi connectivity index (χ1v) is 20.3. The maximum absolute atomic E-state index is 13.8. The summed E-state index contributed by atoms with van der Waals surface area (Å²) in [6, 6.07) is 42.0. The molecule has 0 radical (unpaired) electrons. The van der Waals surface area contributed by atoms with E-state index in [4.69, 9.17) is 0 Å². The van der Waals surface area contributed by atoms with Gasteiger partial charge in [-0.25, -0.2) is 0 Å². The summed E-state index contributed by atoms with van der Waals surface area (Å²) in [5, 5.41) is 1.65. The first kappa shape index (κ1) is 44.5. The van der Waals surface area contributed by atoms with Crippen molar-refractivity contribution in [2.24, 2.45) is 0 Å². The molecule has 0 unspecified atom stereocenters. The van der Waals surface area contributed by atoms with E-state index in [1.807, 2.05) is 36.4 Å². The molecule has 0 aliphatic carbocycles. The number of nitrogens with zero attached hydrogens (tertiary/aromatic N) is 2. The van der Waals surface area contributed by atoms with Gasteiger partial charge < -0.3 is 14.8 Å². The Morgan fingerprint density at radius 3 is 0.806 bits per heavy atom. The lowest BCUT2D eigenvalue weighted by Crippen LogP contribution is -2.13. The van der Waals surface area contributed by atoms with Gasteiger partial charge in [0.25, 0.3) is 0 Å². The van der Waals surface area contributed by atoms with Crippen molar-refractivity contribution in [3.8, 4) is 22.3 Å². The van der Waals surface area contributed by atoms with Crippen LogP contribution in [0.3, 0.4) is 0 Å². The Kier molecular flexibility index (Phi) is 11.1. The van der Waals surface area contributed by atoms with Crippen molar-refractivity contribution in [2.45, 2.75) is 24.7 Å². The Morgan fingerprint density at radius 1 is 0.269 bits per heavy atom. The Hall–Kier alpha value is -7.68. The molecule has 0 saturated carbocycles. The Morgan fingerprint density at radius 2 is 0.537 bits per heavy atom. The van der Waals surface area contributed by atoms with Gasteiger partial charge in [0.05, 0.1) is 22.3 Å². The minimum atomic E-state index is -4.70. The summed E-state index contributed by atoms with van der Waals surface area (Å²) < 4.78 is 165. The molecule has 0 bridgehead atoms. The number of hydrogen-bond donors (Lipinski definition) is 1. The third-order valence-electron chi connectivity index (χ3n) is 11.2. The lowest BCUT2D eigenvalue weighted by atomic mass is 9.99. The number of H-pyrrole nitrogens is 1. The van der Waals surface area contributed by atoms with E-state index in [0.717, 1.165) is 81.5 Å². The van der Waals surface area contributed by atoms with Crippen LogP contribution in [0.15, 0.2) is 182 Å². The summed E-state index contributed by atoms with van der Waals surface area (Å²) in [7, 11) is 0. The molecule has 9 aromatic rings. The Balaban J connectivity index is 1.05. The van der Waals surface area contributed by atoms with Gasteiger partial charge in [0, 0.05) is 55.9 Å². The van der Waals surface area contributed by atoms with Crippen LogP contribution in [-0.2, 0) is 24.7 Å². The van der Waals surface area contributed by atoms with E-state index in [0.29, 0.717) is 22.5 Å². The summed E-state index contributed by atoms with van der Waals surface area (Å²) in [6.07, 6.45) is -18.8. The van der Waals surface area contributed by atoms with Crippen LogP contribution in [0, 0.1) is 0 Å². The topological polar surface area (TPSA) is 22.3 Å². The zero-order chi connectivity index (χ0) is 47.5. The summed E-state index contributed by atoms with van der Waals surface area (Å²) in [4.78, 5) is 6.02. The van der Waals surface area contributed by atoms with E-state index >= 15 is 0 Å². The summed E-state index contributed by atoms with van der Waals surface area (Å²) in [6.45, 7) is 0. The number of alkyl halides is 12. The standard InChI is InChI=1S/C52H31F12N3/c53-49(54,55)35-5-1-9-41(27-35)66(42-10-2-6-36(28-42)50(56,57)58)39-19-13-31(14-20-39)33-17-23-47-45(25-33)46-26-34(18-24-48(46)65-47)32-15-21-40(22-16-32)67(43-11-3-7-37(29-43)51(59,60)61)44-12-4-8-38(30-44)52(62,63)64/h1-30,65H. The van der Waals surface area contributed by atoms with Crippen LogP contribution in [0.1, 0.15) is 22.3 Å². The quantitative estimate of drug-likeness (QED) is 0.153. The molecule has 1 heterocycles. The van der Waals surface area contributed by atoms with Crippen molar-refractivity contribution >= 4 is 55.9 Å². The minimum absolute atomic E-state index is 0.00341. The fraction of sp³-hybridized carbons (Fsp3) is 0.0769. The molecule has 0 atom stereocenters. The van der Waals surface area contributed by atoms with Gasteiger partial charge in [-0.3, -0.25) is 0 Å². The van der Waals surface area contributed by atoms with Gasteiger partial charge in [-0.1, -0.05) is 60.7 Å². The number of halogens is 12. The number of anilines is 6. The first-order valence-electron chi connectivity index (χ1n) is 20.3. The molecule has 67 heavy (non-hydrogen) atoms. The molecule has 338 valence electrons. The van der Waals surface area contributed by atoms with Crippen LogP contribution in [0.5, 0.6) is 0 Å². The van der Waals surface area contributed by atoms with Gasteiger partial charge in [-0.2, -0.15) is 52.7 Å². The van der Waals surface area contributed by atoms with Gasteiger partial charge in [0.15, 0.2) is 0 Å². The van der Waals surface area contributed by atoms with Crippen molar-refractivity contribution in [1.82, 2.24) is 4.98 Å². The highest BCUT2D eigenvalue weighted by molar-refractivity contribution is 6.09. The Labute approximate surface area is 373 Å². The molecular weight excluding hydrogens is 895 g/mol.